The average molecular weight is 445 g/mol. The summed E-state index contributed by atoms with van der Waals surface area (Å²) in [5.41, 5.74) is 7.52. The van der Waals surface area contributed by atoms with Crippen LogP contribution in [0.3, 0.4) is 0 Å². The van der Waals surface area contributed by atoms with Crippen molar-refractivity contribution >= 4 is 33.2 Å². The molecule has 0 saturated carbocycles. The Morgan fingerprint density at radius 1 is 1.06 bits per heavy atom. The van der Waals surface area contributed by atoms with Gasteiger partial charge in [-0.25, -0.2) is 0 Å². The summed E-state index contributed by atoms with van der Waals surface area (Å²) in [4.78, 5) is 2.38. The van der Waals surface area contributed by atoms with Crippen LogP contribution in [0.15, 0.2) is 116 Å². The fraction of sp³-hybridized carbons (Fsp3) is 0.188. The monoisotopic (exact) mass is 444 g/mol. The predicted molar refractivity (Wildman–Crippen MR) is 149 cm³/mol. The van der Waals surface area contributed by atoms with Crippen LogP contribution in [0.5, 0.6) is 0 Å². The zero-order valence-corrected chi connectivity index (χ0v) is 20.0. The molecule has 2 nitrogen and oxygen atoms in total. The summed E-state index contributed by atoms with van der Waals surface area (Å²) in [6, 6.07) is 13.6. The molecule has 1 unspecified atom stereocenters. The highest BCUT2D eigenvalue weighted by Crippen LogP contribution is 2.39. The van der Waals surface area contributed by atoms with Crippen molar-refractivity contribution in [1.29, 1.82) is 0 Å². The summed E-state index contributed by atoms with van der Waals surface area (Å²) in [6.45, 7) is 11.2. The van der Waals surface area contributed by atoms with E-state index < -0.39 is 0 Å². The fourth-order valence-electron chi connectivity index (χ4n) is 5.20. The largest absolute Gasteiger partial charge is 0.341 e. The van der Waals surface area contributed by atoms with Gasteiger partial charge in [0.1, 0.15) is 0 Å². The molecule has 1 aromatic heterocycles. The summed E-state index contributed by atoms with van der Waals surface area (Å²) in [6.07, 6.45) is 24.6. The van der Waals surface area contributed by atoms with Gasteiger partial charge in [0.15, 0.2) is 0 Å². The molecule has 1 aliphatic heterocycles. The van der Waals surface area contributed by atoms with Crippen LogP contribution in [0.4, 0.5) is 5.69 Å². The van der Waals surface area contributed by atoms with Gasteiger partial charge in [0.2, 0.25) is 0 Å². The second-order valence-corrected chi connectivity index (χ2v) is 8.99. The third-order valence-electron chi connectivity index (χ3n) is 6.76. The Labute approximate surface area is 202 Å². The lowest BCUT2D eigenvalue weighted by molar-refractivity contribution is 0.774. The van der Waals surface area contributed by atoms with E-state index in [0.29, 0.717) is 0 Å². The first-order valence-corrected chi connectivity index (χ1v) is 12.2. The van der Waals surface area contributed by atoms with Crippen molar-refractivity contribution < 1.29 is 0 Å². The number of nitrogens with zero attached hydrogens (tertiary/aromatic N) is 2. The molecule has 1 aliphatic carbocycles. The molecule has 1 atom stereocenters. The van der Waals surface area contributed by atoms with Crippen LogP contribution in [0.25, 0.3) is 27.5 Å². The number of benzene rings is 2. The smallest absolute Gasteiger partial charge is 0.0558 e. The van der Waals surface area contributed by atoms with Gasteiger partial charge >= 0.3 is 0 Å². The zero-order chi connectivity index (χ0) is 23.5. The molecule has 0 amide bonds. The molecule has 0 spiro atoms. The second kappa shape index (κ2) is 9.61. The van der Waals surface area contributed by atoms with E-state index in [1.165, 1.54) is 38.8 Å². The van der Waals surface area contributed by atoms with E-state index in [1.807, 2.05) is 12.2 Å². The van der Waals surface area contributed by atoms with E-state index in [-0.39, 0.29) is 5.92 Å². The van der Waals surface area contributed by atoms with Gasteiger partial charge < -0.3 is 9.47 Å². The lowest BCUT2D eigenvalue weighted by Gasteiger charge is -2.29. The van der Waals surface area contributed by atoms with E-state index in [4.69, 9.17) is 0 Å². The summed E-state index contributed by atoms with van der Waals surface area (Å²) in [7, 11) is 0. The molecule has 0 radical (unpaired) electrons. The lowest BCUT2D eigenvalue weighted by Crippen LogP contribution is -2.27. The molecule has 5 rings (SSSR count). The van der Waals surface area contributed by atoms with E-state index in [1.54, 1.807) is 0 Å². The minimum atomic E-state index is 0.270. The third kappa shape index (κ3) is 4.01. The number of allylic oxidation sites excluding steroid dienone is 9. The van der Waals surface area contributed by atoms with Crippen LogP contribution >= 0.6 is 0 Å². The summed E-state index contributed by atoms with van der Waals surface area (Å²) >= 11 is 0. The summed E-state index contributed by atoms with van der Waals surface area (Å²) in [5, 5.41) is 2.64. The number of hydrogen-bond acceptors (Lipinski definition) is 1. The molecule has 2 heterocycles. The number of aromatic nitrogens is 1. The Hall–Kier alpha value is -3.78. The van der Waals surface area contributed by atoms with Gasteiger partial charge in [-0.15, -0.1) is 0 Å². The fourth-order valence-corrected chi connectivity index (χ4v) is 5.20. The van der Waals surface area contributed by atoms with Gasteiger partial charge in [0.25, 0.3) is 0 Å². The second-order valence-electron chi connectivity index (χ2n) is 8.99. The van der Waals surface area contributed by atoms with Crippen molar-refractivity contribution in [2.45, 2.75) is 26.2 Å². The van der Waals surface area contributed by atoms with Crippen LogP contribution in [-0.4, -0.2) is 11.1 Å². The molecule has 170 valence electrons. The van der Waals surface area contributed by atoms with Gasteiger partial charge in [-0.1, -0.05) is 80.0 Å². The molecular formula is C32H32N2. The maximum Gasteiger partial charge on any atom is 0.0558 e. The minimum absolute atomic E-state index is 0.270. The molecule has 0 fully saturated rings. The third-order valence-corrected chi connectivity index (χ3v) is 6.76. The van der Waals surface area contributed by atoms with Crippen molar-refractivity contribution in [2.24, 2.45) is 5.92 Å². The molecular weight excluding hydrogens is 412 g/mol. The molecule has 0 saturated heterocycles. The van der Waals surface area contributed by atoms with Gasteiger partial charge in [-0.2, -0.15) is 0 Å². The minimum Gasteiger partial charge on any atom is -0.341 e. The number of rotatable bonds is 6. The Balaban J connectivity index is 1.72. The molecule has 2 aliphatic rings. The summed E-state index contributed by atoms with van der Waals surface area (Å²) in [5.74, 6) is 0.270. The lowest BCUT2D eigenvalue weighted by atomic mass is 10.0. The van der Waals surface area contributed by atoms with Gasteiger partial charge in [0, 0.05) is 40.3 Å². The molecule has 0 N–H and O–H groups in total. The Kier molecular flexibility index (Phi) is 6.22. The summed E-state index contributed by atoms with van der Waals surface area (Å²) < 4.78 is 2.47. The first-order valence-electron chi connectivity index (χ1n) is 12.2. The average Bonchev–Trinajstić information content (AvgIpc) is 3.10. The van der Waals surface area contributed by atoms with Crippen LogP contribution in [-0.2, 0) is 6.42 Å². The molecule has 34 heavy (non-hydrogen) atoms. The van der Waals surface area contributed by atoms with Crippen LogP contribution < -0.4 is 4.90 Å². The Morgan fingerprint density at radius 2 is 1.94 bits per heavy atom. The first-order chi connectivity index (χ1) is 16.7. The van der Waals surface area contributed by atoms with Gasteiger partial charge in [-0.3, -0.25) is 0 Å². The number of anilines is 1. The van der Waals surface area contributed by atoms with E-state index >= 15 is 0 Å². The normalized spacial score (nSPS) is 17.0. The first kappa shape index (κ1) is 22.0. The van der Waals surface area contributed by atoms with Gasteiger partial charge in [0.05, 0.1) is 11.0 Å². The standard InChI is InChI=1S/C32H32N2/c1-4-6-15-25(13-5-2)23-33-24(3)14-12-16-26-21-29-28-19-10-11-20-30(28)34(32(29)22-31(26)33)27-17-8-7-9-18-27/h4-8,10-15,17,19-22,25H,1,3,9,16,18,23H2,2H3/b13-5-,15-6-. The quantitative estimate of drug-likeness (QED) is 0.274. The predicted octanol–water partition coefficient (Wildman–Crippen LogP) is 8.35. The molecule has 2 heteroatoms. The van der Waals surface area contributed by atoms with Crippen molar-refractivity contribution in [3.63, 3.8) is 0 Å². The van der Waals surface area contributed by atoms with Crippen LogP contribution in [0, 0.1) is 5.92 Å². The Morgan fingerprint density at radius 3 is 2.74 bits per heavy atom. The van der Waals surface area contributed by atoms with Crippen molar-refractivity contribution in [1.82, 2.24) is 4.57 Å². The SMILES string of the molecule is C=C/C=C\C(/C=C\C)CN1C(=C)C=CCc2cc3c4ccccc4n(C4=CC=CCC4)c3cc21. The Bertz CT molecular complexity index is 1400. The van der Waals surface area contributed by atoms with E-state index in [9.17, 15) is 0 Å². The van der Waals surface area contributed by atoms with Gasteiger partial charge in [-0.05, 0) is 62.1 Å². The van der Waals surface area contributed by atoms with Crippen LogP contribution in [0.1, 0.15) is 25.3 Å². The highest BCUT2D eigenvalue weighted by Gasteiger charge is 2.22. The maximum absolute atomic E-state index is 4.43. The highest BCUT2D eigenvalue weighted by molar-refractivity contribution is 6.11. The highest BCUT2D eigenvalue weighted by atomic mass is 15.1. The van der Waals surface area contributed by atoms with Crippen molar-refractivity contribution in [2.75, 3.05) is 11.4 Å². The molecule has 3 aromatic rings. The van der Waals surface area contributed by atoms with E-state index in [2.05, 4.69) is 115 Å². The number of para-hydroxylation sites is 1. The number of hydrogen-bond donors (Lipinski definition) is 0. The topological polar surface area (TPSA) is 8.17 Å². The maximum atomic E-state index is 4.43. The van der Waals surface area contributed by atoms with E-state index in [0.717, 1.165) is 31.5 Å². The molecule has 0 bridgehead atoms. The van der Waals surface area contributed by atoms with Crippen molar-refractivity contribution in [3.8, 4) is 0 Å². The molecule has 2 aromatic carbocycles. The van der Waals surface area contributed by atoms with Crippen molar-refractivity contribution in [3.05, 3.63) is 122 Å². The number of fused-ring (bicyclic) bond motifs is 4. The zero-order valence-electron chi connectivity index (χ0n) is 20.0. The van der Waals surface area contributed by atoms with Crippen LogP contribution in [0.2, 0.25) is 0 Å².